The Bertz CT molecular complexity index is 1510. The van der Waals surface area contributed by atoms with Crippen molar-refractivity contribution in [3.8, 4) is 5.75 Å². The zero-order valence-corrected chi connectivity index (χ0v) is 20.5. The summed E-state index contributed by atoms with van der Waals surface area (Å²) in [7, 11) is 1.43. The molecule has 1 aliphatic rings. The van der Waals surface area contributed by atoms with Gasteiger partial charge in [0.15, 0.2) is 16.5 Å². The van der Waals surface area contributed by atoms with Crippen molar-refractivity contribution in [2.45, 2.75) is 6.18 Å². The minimum Gasteiger partial charge on any atom is -0.493 e. The number of alkyl halides is 3. The van der Waals surface area contributed by atoms with E-state index in [1.165, 1.54) is 30.2 Å². The van der Waals surface area contributed by atoms with E-state index in [-0.39, 0.29) is 33.0 Å². The highest BCUT2D eigenvalue weighted by atomic mass is 32.1. The van der Waals surface area contributed by atoms with Gasteiger partial charge in [-0.3, -0.25) is 14.6 Å². The molecule has 0 N–H and O–H groups in total. The lowest BCUT2D eigenvalue weighted by Crippen LogP contribution is -2.44. The summed E-state index contributed by atoms with van der Waals surface area (Å²) in [4.78, 5) is 34.2. The SMILES string of the molecule is COc1cccc2cc(C(=O)N(CCN3CCOCC3)c3nc4c(C(F)(F)F)cccc4s3)c(=O)oc12. The smallest absolute Gasteiger partial charge is 0.418 e. The van der Waals surface area contributed by atoms with E-state index in [4.69, 9.17) is 13.9 Å². The molecule has 2 aromatic carbocycles. The molecule has 1 aliphatic heterocycles. The second-order valence-corrected chi connectivity index (χ2v) is 9.39. The molecule has 194 valence electrons. The Balaban J connectivity index is 1.57. The van der Waals surface area contributed by atoms with Crippen molar-refractivity contribution in [2.24, 2.45) is 0 Å². The van der Waals surface area contributed by atoms with Crippen LogP contribution in [0.1, 0.15) is 15.9 Å². The van der Waals surface area contributed by atoms with Gasteiger partial charge in [0.1, 0.15) is 5.56 Å². The molecule has 3 heterocycles. The maximum absolute atomic E-state index is 13.7. The van der Waals surface area contributed by atoms with E-state index < -0.39 is 23.3 Å². The summed E-state index contributed by atoms with van der Waals surface area (Å²) in [6, 6.07) is 10.2. The highest BCUT2D eigenvalue weighted by Crippen LogP contribution is 2.38. The van der Waals surface area contributed by atoms with Gasteiger partial charge in [-0.2, -0.15) is 13.2 Å². The van der Waals surface area contributed by atoms with Gasteiger partial charge in [-0.05, 0) is 24.3 Å². The second kappa shape index (κ2) is 10.1. The molecule has 0 aliphatic carbocycles. The standard InChI is InChI=1S/C25H22F3N3O5S/c1-34-18-6-2-4-15-14-16(23(33)36-21(15)18)22(32)31(9-8-30-10-12-35-13-11-30)24-29-20-17(25(26,27)28)5-3-7-19(20)37-24/h2-7,14H,8-13H2,1H3. The summed E-state index contributed by atoms with van der Waals surface area (Å²) in [5.41, 5.74) is -2.06. The fourth-order valence-electron chi connectivity index (χ4n) is 4.20. The Labute approximate surface area is 212 Å². The van der Waals surface area contributed by atoms with Crippen molar-refractivity contribution >= 4 is 43.6 Å². The number of hydrogen-bond donors (Lipinski definition) is 0. The number of morpholine rings is 1. The van der Waals surface area contributed by atoms with Gasteiger partial charge in [0.25, 0.3) is 5.91 Å². The van der Waals surface area contributed by atoms with E-state index in [1.807, 2.05) is 0 Å². The Morgan fingerprint density at radius 3 is 2.68 bits per heavy atom. The monoisotopic (exact) mass is 533 g/mol. The van der Waals surface area contributed by atoms with Crippen LogP contribution in [0.2, 0.25) is 0 Å². The first-order chi connectivity index (χ1) is 17.8. The molecule has 0 radical (unpaired) electrons. The van der Waals surface area contributed by atoms with Crippen molar-refractivity contribution in [2.75, 3.05) is 51.4 Å². The van der Waals surface area contributed by atoms with Gasteiger partial charge in [0.2, 0.25) is 0 Å². The minimum atomic E-state index is -4.61. The predicted molar refractivity (Wildman–Crippen MR) is 133 cm³/mol. The number of hydrogen-bond acceptors (Lipinski definition) is 8. The molecule has 2 aromatic heterocycles. The number of rotatable bonds is 6. The van der Waals surface area contributed by atoms with Gasteiger partial charge in [0.05, 0.1) is 36.1 Å². The molecule has 12 heteroatoms. The van der Waals surface area contributed by atoms with Gasteiger partial charge < -0.3 is 13.9 Å². The van der Waals surface area contributed by atoms with Crippen LogP contribution in [0.15, 0.2) is 51.7 Å². The summed E-state index contributed by atoms with van der Waals surface area (Å²) < 4.78 is 57.1. The topological polar surface area (TPSA) is 85.1 Å². The molecule has 0 bridgehead atoms. The number of ether oxygens (including phenoxy) is 2. The van der Waals surface area contributed by atoms with Crippen molar-refractivity contribution in [1.29, 1.82) is 0 Å². The zero-order chi connectivity index (χ0) is 26.2. The van der Waals surface area contributed by atoms with E-state index in [0.717, 1.165) is 17.4 Å². The van der Waals surface area contributed by atoms with Gasteiger partial charge >= 0.3 is 11.8 Å². The van der Waals surface area contributed by atoms with Crippen LogP contribution in [0.5, 0.6) is 5.75 Å². The Morgan fingerprint density at radius 1 is 1.19 bits per heavy atom. The molecule has 8 nitrogen and oxygen atoms in total. The van der Waals surface area contributed by atoms with Crippen LogP contribution in [-0.4, -0.2) is 62.3 Å². The zero-order valence-electron chi connectivity index (χ0n) is 19.7. The number of thiazole rings is 1. The quantitative estimate of drug-likeness (QED) is 0.340. The number of para-hydroxylation sites is 2. The van der Waals surface area contributed by atoms with E-state index in [2.05, 4.69) is 9.88 Å². The van der Waals surface area contributed by atoms with Crippen LogP contribution in [0, 0.1) is 0 Å². The van der Waals surface area contributed by atoms with Crippen LogP contribution >= 0.6 is 11.3 Å². The third-order valence-electron chi connectivity index (χ3n) is 6.11. The first-order valence-electron chi connectivity index (χ1n) is 11.5. The fourth-order valence-corrected chi connectivity index (χ4v) is 5.22. The van der Waals surface area contributed by atoms with E-state index in [9.17, 15) is 22.8 Å². The lowest BCUT2D eigenvalue weighted by molar-refractivity contribution is -0.136. The molecule has 1 amide bonds. The van der Waals surface area contributed by atoms with E-state index >= 15 is 0 Å². The number of aromatic nitrogens is 1. The van der Waals surface area contributed by atoms with Gasteiger partial charge in [-0.25, -0.2) is 9.78 Å². The molecule has 4 aromatic rings. The van der Waals surface area contributed by atoms with Crippen molar-refractivity contribution < 1.29 is 31.9 Å². The lowest BCUT2D eigenvalue weighted by atomic mass is 10.1. The molecule has 5 rings (SSSR count). The molecule has 1 fully saturated rings. The van der Waals surface area contributed by atoms with Gasteiger partial charge in [0, 0.05) is 31.6 Å². The largest absolute Gasteiger partial charge is 0.493 e. The van der Waals surface area contributed by atoms with Crippen LogP contribution in [-0.2, 0) is 10.9 Å². The van der Waals surface area contributed by atoms with Crippen LogP contribution in [0.3, 0.4) is 0 Å². The number of anilines is 1. The highest BCUT2D eigenvalue weighted by Gasteiger charge is 2.35. The maximum atomic E-state index is 13.7. The number of carbonyl (C=O) groups excluding carboxylic acids is 1. The molecule has 0 spiro atoms. The van der Waals surface area contributed by atoms with Crippen molar-refractivity contribution in [1.82, 2.24) is 9.88 Å². The number of benzene rings is 2. The molecular weight excluding hydrogens is 511 g/mol. The first-order valence-corrected chi connectivity index (χ1v) is 12.3. The molecule has 37 heavy (non-hydrogen) atoms. The van der Waals surface area contributed by atoms with Crippen LogP contribution < -0.4 is 15.3 Å². The second-order valence-electron chi connectivity index (χ2n) is 8.38. The number of nitrogens with zero attached hydrogens (tertiary/aromatic N) is 3. The average Bonchev–Trinajstić information content (AvgIpc) is 3.32. The molecular formula is C25H22F3N3O5S. The van der Waals surface area contributed by atoms with Crippen molar-refractivity contribution in [3.05, 3.63) is 64.0 Å². The Morgan fingerprint density at radius 2 is 1.95 bits per heavy atom. The first kappa shape index (κ1) is 25.2. The Hall–Kier alpha value is -3.48. The van der Waals surface area contributed by atoms with Gasteiger partial charge in [-0.15, -0.1) is 0 Å². The maximum Gasteiger partial charge on any atom is 0.418 e. The summed E-state index contributed by atoms with van der Waals surface area (Å²) in [5.74, 6) is -0.372. The third kappa shape index (κ3) is 5.04. The normalized spacial score (nSPS) is 14.8. The molecule has 0 saturated carbocycles. The number of carbonyl (C=O) groups is 1. The molecule has 0 atom stereocenters. The third-order valence-corrected chi connectivity index (χ3v) is 7.15. The molecule has 0 unspecified atom stereocenters. The molecule has 1 saturated heterocycles. The van der Waals surface area contributed by atoms with Gasteiger partial charge in [-0.1, -0.05) is 29.5 Å². The van der Waals surface area contributed by atoms with Crippen molar-refractivity contribution in [3.63, 3.8) is 0 Å². The fraction of sp³-hybridized carbons (Fsp3) is 0.320. The summed E-state index contributed by atoms with van der Waals surface area (Å²) in [5, 5.41) is 0.536. The highest BCUT2D eigenvalue weighted by molar-refractivity contribution is 7.22. The van der Waals surface area contributed by atoms with E-state index in [0.29, 0.717) is 44.0 Å². The number of fused-ring (bicyclic) bond motifs is 2. The number of methoxy groups -OCH3 is 1. The minimum absolute atomic E-state index is 0.0649. The average molecular weight is 534 g/mol. The van der Waals surface area contributed by atoms with E-state index in [1.54, 1.807) is 18.2 Å². The van der Waals surface area contributed by atoms with Crippen LogP contribution in [0.25, 0.3) is 21.2 Å². The predicted octanol–water partition coefficient (Wildman–Crippen LogP) is 4.41. The lowest BCUT2D eigenvalue weighted by Gasteiger charge is -2.29. The summed E-state index contributed by atoms with van der Waals surface area (Å²) >= 11 is 0.959. The summed E-state index contributed by atoms with van der Waals surface area (Å²) in [6.07, 6.45) is -4.61. The Kier molecular flexibility index (Phi) is 6.88. The number of amides is 1. The summed E-state index contributed by atoms with van der Waals surface area (Å²) in [6.45, 7) is 2.91. The number of halogens is 3. The van der Waals surface area contributed by atoms with Crippen LogP contribution in [0.4, 0.5) is 18.3 Å².